The van der Waals surface area contributed by atoms with Crippen LogP contribution in [0.15, 0.2) is 54.6 Å². The molecule has 3 aromatic carbocycles. The molecule has 0 radical (unpaired) electrons. The molecule has 0 atom stereocenters. The minimum Gasteiger partial charge on any atom is -0.454 e. The van der Waals surface area contributed by atoms with Crippen molar-refractivity contribution in [1.29, 1.82) is 0 Å². The molecule has 1 aliphatic carbocycles. The third-order valence-corrected chi connectivity index (χ3v) is 8.48. The van der Waals surface area contributed by atoms with Crippen LogP contribution in [0.1, 0.15) is 57.6 Å². The van der Waals surface area contributed by atoms with Crippen molar-refractivity contribution >= 4 is 50.3 Å². The standard InChI is InChI=1S/C34H33F5N4O5S/c1-33(2,3)48-32(46)40-21-9-7-19(8-10-21)30(45)43-31-42-26-16-24(36)27(17-28(26)49-31)47-22-11-12-23(35)25(15-22)41-29(44)14-18-5-4-6-20(13-18)34(37,38)39/h4-6,11-13,15-17,19,21H,7-10,14H2,1-3H3,(H,40,46)(H,41,44)(H,42,43,45). The van der Waals surface area contributed by atoms with Crippen LogP contribution in [0.3, 0.4) is 0 Å². The summed E-state index contributed by atoms with van der Waals surface area (Å²) in [7, 11) is 0. The summed E-state index contributed by atoms with van der Waals surface area (Å²) in [4.78, 5) is 41.9. The number of alkyl halides is 3. The average molecular weight is 705 g/mol. The summed E-state index contributed by atoms with van der Waals surface area (Å²) >= 11 is 1.10. The fourth-order valence-electron chi connectivity index (χ4n) is 5.27. The Labute approximate surface area is 282 Å². The molecule has 0 aliphatic heterocycles. The zero-order valence-electron chi connectivity index (χ0n) is 26.7. The molecule has 3 amide bonds. The van der Waals surface area contributed by atoms with E-state index in [0.29, 0.717) is 30.4 Å². The quantitative estimate of drug-likeness (QED) is 0.158. The predicted molar refractivity (Wildman–Crippen MR) is 174 cm³/mol. The first kappa shape index (κ1) is 35.5. The lowest BCUT2D eigenvalue weighted by Crippen LogP contribution is -2.42. The molecule has 1 aromatic heterocycles. The molecule has 5 rings (SSSR count). The number of anilines is 2. The smallest absolute Gasteiger partial charge is 0.416 e. The van der Waals surface area contributed by atoms with Gasteiger partial charge >= 0.3 is 12.3 Å². The number of ether oxygens (including phenoxy) is 2. The number of rotatable bonds is 8. The number of nitrogens with zero attached hydrogens (tertiary/aromatic N) is 1. The molecule has 1 saturated carbocycles. The summed E-state index contributed by atoms with van der Waals surface area (Å²) in [6, 6.07) is 9.98. The molecule has 1 aliphatic rings. The Morgan fingerprint density at radius 2 is 1.65 bits per heavy atom. The lowest BCUT2D eigenvalue weighted by molar-refractivity contribution is -0.137. The van der Waals surface area contributed by atoms with Gasteiger partial charge in [-0.2, -0.15) is 13.2 Å². The molecule has 15 heteroatoms. The van der Waals surface area contributed by atoms with Gasteiger partial charge in [0, 0.05) is 30.2 Å². The van der Waals surface area contributed by atoms with Crippen molar-refractivity contribution in [2.45, 2.75) is 70.7 Å². The van der Waals surface area contributed by atoms with Crippen molar-refractivity contribution in [2.75, 3.05) is 10.6 Å². The van der Waals surface area contributed by atoms with Gasteiger partial charge in [-0.1, -0.05) is 29.5 Å². The van der Waals surface area contributed by atoms with E-state index in [1.54, 1.807) is 20.8 Å². The first-order chi connectivity index (χ1) is 23.0. The molecule has 0 spiro atoms. The Kier molecular flexibility index (Phi) is 10.4. The lowest BCUT2D eigenvalue weighted by atomic mass is 9.85. The lowest BCUT2D eigenvalue weighted by Gasteiger charge is -2.29. The molecule has 1 heterocycles. The third kappa shape index (κ3) is 9.65. The van der Waals surface area contributed by atoms with Gasteiger partial charge < -0.3 is 25.4 Å². The van der Waals surface area contributed by atoms with Crippen LogP contribution in [0.2, 0.25) is 0 Å². The number of nitrogens with one attached hydrogen (secondary N) is 3. The fraction of sp³-hybridized carbons (Fsp3) is 0.353. The second kappa shape index (κ2) is 14.4. The van der Waals surface area contributed by atoms with Crippen molar-refractivity contribution in [3.63, 3.8) is 0 Å². The molecule has 0 saturated heterocycles. The number of alkyl carbamates (subject to hydrolysis) is 1. The van der Waals surface area contributed by atoms with E-state index < -0.39 is 47.4 Å². The molecule has 4 aromatic rings. The Balaban J connectivity index is 1.19. The largest absolute Gasteiger partial charge is 0.454 e. The van der Waals surface area contributed by atoms with Gasteiger partial charge in [-0.3, -0.25) is 9.59 Å². The molecule has 0 bridgehead atoms. The second-order valence-corrected chi connectivity index (χ2v) is 13.7. The van der Waals surface area contributed by atoms with E-state index in [0.717, 1.165) is 41.7 Å². The normalized spacial score (nSPS) is 16.6. The van der Waals surface area contributed by atoms with E-state index in [1.165, 1.54) is 24.3 Å². The highest BCUT2D eigenvalue weighted by molar-refractivity contribution is 7.22. The molecular weight excluding hydrogens is 671 g/mol. The van der Waals surface area contributed by atoms with Crippen LogP contribution in [0, 0.1) is 17.6 Å². The summed E-state index contributed by atoms with van der Waals surface area (Å²) in [6.45, 7) is 5.34. The van der Waals surface area contributed by atoms with Crippen molar-refractivity contribution in [3.8, 4) is 11.5 Å². The molecule has 260 valence electrons. The van der Waals surface area contributed by atoms with Crippen molar-refractivity contribution in [2.24, 2.45) is 5.92 Å². The fourth-order valence-corrected chi connectivity index (χ4v) is 6.15. The maximum absolute atomic E-state index is 15.0. The van der Waals surface area contributed by atoms with Gasteiger partial charge in [0.05, 0.1) is 27.9 Å². The topological polar surface area (TPSA) is 119 Å². The summed E-state index contributed by atoms with van der Waals surface area (Å²) < 4.78 is 80.0. The maximum atomic E-state index is 15.0. The minimum absolute atomic E-state index is 0.0242. The highest BCUT2D eigenvalue weighted by atomic mass is 32.1. The molecule has 1 fully saturated rings. The number of carbonyl (C=O) groups excluding carboxylic acids is 3. The summed E-state index contributed by atoms with van der Waals surface area (Å²) in [5.74, 6) is -3.17. The Bertz CT molecular complexity index is 1870. The summed E-state index contributed by atoms with van der Waals surface area (Å²) in [5.41, 5.74) is -1.48. The first-order valence-corrected chi connectivity index (χ1v) is 16.2. The third-order valence-electron chi connectivity index (χ3n) is 7.55. The number of thiazole rings is 1. The predicted octanol–water partition coefficient (Wildman–Crippen LogP) is 8.59. The zero-order chi connectivity index (χ0) is 35.5. The first-order valence-electron chi connectivity index (χ1n) is 15.4. The van der Waals surface area contributed by atoms with Gasteiger partial charge in [0.25, 0.3) is 0 Å². The van der Waals surface area contributed by atoms with Gasteiger partial charge in [0.15, 0.2) is 16.7 Å². The van der Waals surface area contributed by atoms with Crippen molar-refractivity contribution in [1.82, 2.24) is 10.3 Å². The van der Waals surface area contributed by atoms with Gasteiger partial charge in [0.2, 0.25) is 11.8 Å². The molecule has 3 N–H and O–H groups in total. The van der Waals surface area contributed by atoms with Gasteiger partial charge in [-0.05, 0) is 70.2 Å². The molecule has 0 unspecified atom stereocenters. The number of fused-ring (bicyclic) bond motifs is 1. The highest BCUT2D eigenvalue weighted by Crippen LogP contribution is 2.36. The minimum atomic E-state index is -4.58. The van der Waals surface area contributed by atoms with E-state index in [1.807, 2.05) is 0 Å². The van der Waals surface area contributed by atoms with E-state index in [4.69, 9.17) is 9.47 Å². The van der Waals surface area contributed by atoms with Crippen molar-refractivity contribution < 1.29 is 45.8 Å². The summed E-state index contributed by atoms with van der Waals surface area (Å²) in [6.07, 6.45) is -3.21. The van der Waals surface area contributed by atoms with E-state index in [9.17, 15) is 31.9 Å². The van der Waals surface area contributed by atoms with Crippen LogP contribution >= 0.6 is 11.3 Å². The van der Waals surface area contributed by atoms with E-state index >= 15 is 4.39 Å². The highest BCUT2D eigenvalue weighted by Gasteiger charge is 2.31. The Hall–Kier alpha value is -4.79. The Morgan fingerprint density at radius 1 is 0.918 bits per heavy atom. The van der Waals surface area contributed by atoms with Crippen molar-refractivity contribution in [3.05, 3.63) is 77.4 Å². The Morgan fingerprint density at radius 3 is 2.35 bits per heavy atom. The number of benzene rings is 3. The van der Waals surface area contributed by atoms with Crippen LogP contribution in [0.25, 0.3) is 10.2 Å². The van der Waals surface area contributed by atoms with E-state index in [-0.39, 0.29) is 51.3 Å². The van der Waals surface area contributed by atoms with Gasteiger partial charge in [0.1, 0.15) is 17.2 Å². The van der Waals surface area contributed by atoms with Crippen LogP contribution < -0.4 is 20.7 Å². The SMILES string of the molecule is CC(C)(C)OC(=O)NC1CCC(C(=O)Nc2nc3cc(F)c(Oc4ccc(F)c(NC(=O)Cc5cccc(C(F)(F)F)c5)c4)cc3s2)CC1. The molecular formula is C34H33F5N4O5S. The van der Waals surface area contributed by atoms with E-state index in [2.05, 4.69) is 20.9 Å². The van der Waals surface area contributed by atoms with Crippen LogP contribution in [-0.2, 0) is 26.9 Å². The average Bonchev–Trinajstić information content (AvgIpc) is 3.38. The number of hydrogen-bond donors (Lipinski definition) is 3. The number of amides is 3. The zero-order valence-corrected chi connectivity index (χ0v) is 27.5. The van der Waals surface area contributed by atoms with Crippen LogP contribution in [0.4, 0.5) is 37.6 Å². The summed E-state index contributed by atoms with van der Waals surface area (Å²) in [5, 5.41) is 8.21. The van der Waals surface area contributed by atoms with Gasteiger partial charge in [-0.25, -0.2) is 18.6 Å². The monoisotopic (exact) mass is 704 g/mol. The van der Waals surface area contributed by atoms with Crippen LogP contribution in [0.5, 0.6) is 11.5 Å². The number of carbonyl (C=O) groups is 3. The molecule has 9 nitrogen and oxygen atoms in total. The maximum Gasteiger partial charge on any atom is 0.416 e. The molecule has 49 heavy (non-hydrogen) atoms. The number of aromatic nitrogens is 1. The number of hydrogen-bond acceptors (Lipinski definition) is 7. The van der Waals surface area contributed by atoms with Gasteiger partial charge in [-0.15, -0.1) is 0 Å². The van der Waals surface area contributed by atoms with Crippen LogP contribution in [-0.4, -0.2) is 34.5 Å². The second-order valence-electron chi connectivity index (χ2n) is 12.6. The number of halogens is 5.